The van der Waals surface area contributed by atoms with Crippen molar-refractivity contribution in [2.45, 2.75) is 38.3 Å². The Bertz CT molecular complexity index is 801. The van der Waals surface area contributed by atoms with E-state index in [1.165, 1.54) is 0 Å². The Labute approximate surface area is 148 Å². The average Bonchev–Trinajstić information content (AvgIpc) is 3.11. The van der Waals surface area contributed by atoms with Crippen LogP contribution in [0.2, 0.25) is 5.02 Å². The van der Waals surface area contributed by atoms with E-state index < -0.39 is 0 Å². The van der Waals surface area contributed by atoms with Gasteiger partial charge in [0.2, 0.25) is 0 Å². The van der Waals surface area contributed by atoms with E-state index in [0.717, 1.165) is 35.1 Å². The first-order chi connectivity index (χ1) is 11.0. The predicted molar refractivity (Wildman–Crippen MR) is 93.6 cm³/mol. The van der Waals surface area contributed by atoms with Crippen LogP contribution in [0.4, 0.5) is 0 Å². The topological polar surface area (TPSA) is 38.1 Å². The number of halogens is 2. The molecule has 2 aromatic rings. The lowest BCUT2D eigenvalue weighted by Crippen LogP contribution is -2.42. The lowest BCUT2D eigenvalue weighted by molar-refractivity contribution is 0.0610. The van der Waals surface area contributed by atoms with Crippen LogP contribution in [0.3, 0.4) is 0 Å². The highest BCUT2D eigenvalue weighted by molar-refractivity contribution is 9.09. The molecule has 4 rings (SSSR count). The number of aryl methyl sites for hydroxylation is 1. The molecule has 0 saturated carbocycles. The van der Waals surface area contributed by atoms with Crippen LogP contribution in [0.25, 0.3) is 5.69 Å². The van der Waals surface area contributed by atoms with Gasteiger partial charge in [0.25, 0.3) is 5.91 Å². The quantitative estimate of drug-likeness (QED) is 0.720. The first kappa shape index (κ1) is 15.2. The molecule has 0 N–H and O–H groups in total. The smallest absolute Gasteiger partial charge is 0.273 e. The Hall–Kier alpha value is -1.33. The second-order valence-electron chi connectivity index (χ2n) is 6.49. The van der Waals surface area contributed by atoms with Gasteiger partial charge in [-0.2, -0.15) is 5.10 Å². The molecule has 0 unspecified atom stereocenters. The van der Waals surface area contributed by atoms with E-state index in [9.17, 15) is 4.79 Å². The van der Waals surface area contributed by atoms with Crippen LogP contribution < -0.4 is 0 Å². The van der Waals surface area contributed by atoms with Crippen molar-refractivity contribution in [2.75, 3.05) is 5.33 Å². The molecule has 1 saturated heterocycles. The van der Waals surface area contributed by atoms with Gasteiger partial charge < -0.3 is 4.90 Å². The molecule has 1 amide bonds. The second kappa shape index (κ2) is 5.08. The molecule has 6 heteroatoms. The minimum Gasteiger partial charge on any atom is -0.324 e. The molecule has 4 nitrogen and oxygen atoms in total. The van der Waals surface area contributed by atoms with Crippen molar-refractivity contribution in [2.24, 2.45) is 0 Å². The van der Waals surface area contributed by atoms with Crippen molar-refractivity contribution in [3.05, 3.63) is 46.2 Å². The molecule has 23 heavy (non-hydrogen) atoms. The van der Waals surface area contributed by atoms with E-state index in [4.69, 9.17) is 11.6 Å². The van der Waals surface area contributed by atoms with E-state index >= 15 is 0 Å². The van der Waals surface area contributed by atoms with Crippen molar-refractivity contribution in [3.63, 3.8) is 0 Å². The Balaban J connectivity index is 1.91. The molecule has 0 aliphatic carbocycles. The summed E-state index contributed by atoms with van der Waals surface area (Å²) in [5.41, 5.74) is 3.36. The van der Waals surface area contributed by atoms with Gasteiger partial charge in [-0.05, 0) is 51.0 Å². The maximum Gasteiger partial charge on any atom is 0.273 e. The molecule has 2 atom stereocenters. The van der Waals surface area contributed by atoms with Crippen molar-refractivity contribution in [3.8, 4) is 5.69 Å². The third-order valence-corrected chi connectivity index (χ3v) is 6.13. The van der Waals surface area contributed by atoms with Crippen LogP contribution in [-0.4, -0.2) is 32.0 Å². The lowest BCUT2D eigenvalue weighted by Gasteiger charge is -2.32. The standard InChI is InChI=1S/C17H17BrClN3O/c1-10-14-15(22(20-10)12-5-3-11(19)4-6-12)16(23)21-13(9-18)7-8-17(14,21)2/h3-6,13H,7-9H2,1-2H3/t13-,17-/m0/s1. The number of rotatable bonds is 2. The zero-order valence-corrected chi connectivity index (χ0v) is 15.4. The number of fused-ring (bicyclic) bond motifs is 3. The summed E-state index contributed by atoms with van der Waals surface area (Å²) in [6, 6.07) is 7.69. The van der Waals surface area contributed by atoms with Gasteiger partial charge in [-0.3, -0.25) is 4.79 Å². The molecule has 1 fully saturated rings. The molecule has 120 valence electrons. The highest BCUT2D eigenvalue weighted by Gasteiger charge is 2.56. The van der Waals surface area contributed by atoms with E-state index in [1.54, 1.807) is 4.68 Å². The highest BCUT2D eigenvalue weighted by Crippen LogP contribution is 2.50. The highest BCUT2D eigenvalue weighted by atomic mass is 79.9. The minimum absolute atomic E-state index is 0.0833. The monoisotopic (exact) mass is 393 g/mol. The fourth-order valence-electron chi connectivity index (χ4n) is 4.13. The summed E-state index contributed by atoms with van der Waals surface area (Å²) < 4.78 is 1.78. The predicted octanol–water partition coefficient (Wildman–Crippen LogP) is 4.06. The Morgan fingerprint density at radius 3 is 2.74 bits per heavy atom. The van der Waals surface area contributed by atoms with Crippen molar-refractivity contribution >= 4 is 33.4 Å². The first-order valence-electron chi connectivity index (χ1n) is 7.73. The van der Waals surface area contributed by atoms with Crippen LogP contribution >= 0.6 is 27.5 Å². The van der Waals surface area contributed by atoms with Gasteiger partial charge in [0.15, 0.2) is 0 Å². The number of benzene rings is 1. The fraction of sp³-hybridized carbons (Fsp3) is 0.412. The first-order valence-corrected chi connectivity index (χ1v) is 9.23. The molecule has 1 aromatic carbocycles. The number of alkyl halides is 1. The summed E-state index contributed by atoms with van der Waals surface area (Å²) in [7, 11) is 0. The van der Waals surface area contributed by atoms with Crippen molar-refractivity contribution < 1.29 is 4.79 Å². The summed E-state index contributed by atoms with van der Waals surface area (Å²) in [5, 5.41) is 6.14. The number of nitrogens with zero attached hydrogens (tertiary/aromatic N) is 3. The molecule has 2 aliphatic heterocycles. The summed E-state index contributed by atoms with van der Waals surface area (Å²) in [4.78, 5) is 15.2. The summed E-state index contributed by atoms with van der Waals surface area (Å²) in [6.45, 7) is 4.16. The molecular weight excluding hydrogens is 378 g/mol. The average molecular weight is 395 g/mol. The lowest BCUT2D eigenvalue weighted by atomic mass is 9.91. The van der Waals surface area contributed by atoms with E-state index in [-0.39, 0.29) is 17.5 Å². The van der Waals surface area contributed by atoms with Gasteiger partial charge in [0.05, 0.1) is 16.9 Å². The normalized spacial score (nSPS) is 25.8. The third kappa shape index (κ3) is 1.96. The number of carbonyl (C=O) groups excluding carboxylic acids is 1. The third-order valence-electron chi connectivity index (χ3n) is 5.13. The van der Waals surface area contributed by atoms with Gasteiger partial charge in [-0.15, -0.1) is 0 Å². The van der Waals surface area contributed by atoms with Gasteiger partial charge in [0, 0.05) is 22.0 Å². The van der Waals surface area contributed by atoms with Gasteiger partial charge >= 0.3 is 0 Å². The van der Waals surface area contributed by atoms with Crippen molar-refractivity contribution in [1.82, 2.24) is 14.7 Å². The van der Waals surface area contributed by atoms with Crippen molar-refractivity contribution in [1.29, 1.82) is 0 Å². The van der Waals surface area contributed by atoms with Crippen LogP contribution in [0.1, 0.15) is 41.5 Å². The zero-order valence-electron chi connectivity index (χ0n) is 13.0. The summed E-state index contributed by atoms with van der Waals surface area (Å²) in [5.74, 6) is 0.0833. The summed E-state index contributed by atoms with van der Waals surface area (Å²) >= 11 is 9.53. The number of hydrogen-bond donors (Lipinski definition) is 0. The molecule has 0 radical (unpaired) electrons. The maximum absolute atomic E-state index is 13.1. The molecule has 2 aliphatic rings. The zero-order chi connectivity index (χ0) is 16.4. The second-order valence-corrected chi connectivity index (χ2v) is 7.58. The van der Waals surface area contributed by atoms with Gasteiger partial charge in [-0.1, -0.05) is 27.5 Å². The number of carbonyl (C=O) groups is 1. The van der Waals surface area contributed by atoms with Crippen LogP contribution in [0.5, 0.6) is 0 Å². The van der Waals surface area contributed by atoms with Crippen LogP contribution in [0.15, 0.2) is 24.3 Å². The van der Waals surface area contributed by atoms with Crippen LogP contribution in [0, 0.1) is 6.92 Å². The molecule has 3 heterocycles. The van der Waals surface area contributed by atoms with E-state index in [1.807, 2.05) is 36.1 Å². The Morgan fingerprint density at radius 2 is 2.09 bits per heavy atom. The van der Waals surface area contributed by atoms with E-state index in [2.05, 4.69) is 28.0 Å². The van der Waals surface area contributed by atoms with E-state index in [0.29, 0.717) is 10.7 Å². The van der Waals surface area contributed by atoms with Gasteiger partial charge in [-0.25, -0.2) is 4.68 Å². The van der Waals surface area contributed by atoms with Gasteiger partial charge in [0.1, 0.15) is 5.69 Å². The Morgan fingerprint density at radius 1 is 1.39 bits per heavy atom. The fourth-order valence-corrected chi connectivity index (χ4v) is 4.87. The SMILES string of the molecule is Cc1nn(-c2ccc(Cl)cc2)c2c1[C@]1(C)CC[C@@H](CBr)N1C2=O. The molecular formula is C17H17BrClN3O. The molecule has 1 aromatic heterocycles. The van der Waals surface area contributed by atoms with Crippen LogP contribution in [-0.2, 0) is 5.54 Å². The Kier molecular flexibility index (Phi) is 3.36. The summed E-state index contributed by atoms with van der Waals surface area (Å²) in [6.07, 6.45) is 2.01. The number of amides is 1. The minimum atomic E-state index is -0.236. The largest absolute Gasteiger partial charge is 0.324 e. The molecule has 0 bridgehead atoms. The maximum atomic E-state index is 13.1. The molecule has 0 spiro atoms. The number of aromatic nitrogens is 2. The number of hydrogen-bond acceptors (Lipinski definition) is 2.